The Hall–Kier alpha value is -7.14. The van der Waals surface area contributed by atoms with Gasteiger partial charge >= 0.3 is 0 Å². The van der Waals surface area contributed by atoms with Crippen LogP contribution in [0, 0.1) is 29.6 Å². The minimum Gasteiger partial charge on any atom is -0.365 e. The summed E-state index contributed by atoms with van der Waals surface area (Å²) in [6.45, 7) is 2.32. The smallest absolute Gasteiger partial charge is 0.106 e. The fourth-order valence-electron chi connectivity index (χ4n) is 13.1. The topological polar surface area (TPSA) is 32.2 Å². The summed E-state index contributed by atoms with van der Waals surface area (Å²) in [4.78, 5) is 2.80. The maximum atomic E-state index is 4.27. The maximum Gasteiger partial charge on any atom is 0.106 e. The molecule has 4 aromatic carbocycles. The summed E-state index contributed by atoms with van der Waals surface area (Å²) in [5, 5.41) is 11.1. The quantitative estimate of drug-likeness (QED) is 0.185. The zero-order valence-corrected chi connectivity index (χ0v) is 37.9. The van der Waals surface area contributed by atoms with Crippen LogP contribution in [0.1, 0.15) is 47.6 Å². The molecular weight excluding hydrogens is 813 g/mol. The summed E-state index contributed by atoms with van der Waals surface area (Å²) in [5.41, 5.74) is 20.1. The van der Waals surface area contributed by atoms with Crippen molar-refractivity contribution in [3.8, 4) is 0 Å². The van der Waals surface area contributed by atoms with Crippen LogP contribution in [-0.4, -0.2) is 27.7 Å². The van der Waals surface area contributed by atoms with E-state index in [0.29, 0.717) is 23.7 Å². The van der Waals surface area contributed by atoms with E-state index in [1.54, 1.807) is 0 Å². The molecule has 326 valence electrons. The second kappa shape index (κ2) is 15.5. The molecule has 0 saturated carbocycles. The predicted octanol–water partition coefficient (Wildman–Crippen LogP) is 13.2. The van der Waals surface area contributed by atoms with Crippen LogP contribution in [-0.2, 0) is 12.8 Å². The number of aryl methyl sites for hydroxylation is 1. The maximum absolute atomic E-state index is 4.27. The molecule has 14 rings (SSSR count). The second-order valence-corrected chi connectivity index (χ2v) is 19.9. The lowest BCUT2D eigenvalue weighted by Crippen LogP contribution is -2.55. The van der Waals surface area contributed by atoms with Gasteiger partial charge < -0.3 is 14.8 Å². The number of allylic oxidation sites excluding steroid dienone is 16. The highest BCUT2D eigenvalue weighted by molar-refractivity contribution is 6.14. The Kier molecular flexibility index (Phi) is 9.02. The molecule has 2 N–H and O–H groups in total. The van der Waals surface area contributed by atoms with Crippen molar-refractivity contribution in [2.45, 2.75) is 50.9 Å². The molecule has 0 radical (unpaired) electrons. The summed E-state index contributed by atoms with van der Waals surface area (Å²) >= 11 is 0. The predicted molar refractivity (Wildman–Crippen MR) is 278 cm³/mol. The summed E-state index contributed by atoms with van der Waals surface area (Å²) < 4.78 is 2.56. The van der Waals surface area contributed by atoms with E-state index in [4.69, 9.17) is 0 Å². The molecule has 2 aliphatic heterocycles. The first-order valence-corrected chi connectivity index (χ1v) is 24.7. The molecule has 0 spiro atoms. The number of para-hydroxylation sites is 1. The number of fused-ring (bicyclic) bond motifs is 11. The van der Waals surface area contributed by atoms with Gasteiger partial charge in [0.1, 0.15) is 6.17 Å². The third kappa shape index (κ3) is 6.15. The number of nitrogens with zero attached hydrogens (tertiary/aromatic N) is 2. The largest absolute Gasteiger partial charge is 0.365 e. The lowest BCUT2D eigenvalue weighted by atomic mass is 9.78. The molecule has 7 aliphatic carbocycles. The number of nitrogens with one attached hydrogen (secondary N) is 2. The Bertz CT molecular complexity index is 3360. The highest BCUT2D eigenvalue weighted by atomic mass is 15.3. The second-order valence-electron chi connectivity index (χ2n) is 19.9. The molecular formula is C63H54N4. The molecule has 4 nitrogen and oxygen atoms in total. The number of likely N-dealkylation sites (tertiary alicyclic amines) is 1. The van der Waals surface area contributed by atoms with Crippen molar-refractivity contribution in [1.29, 1.82) is 0 Å². The SMILES string of the molecule is CC1=C(c2ccccc2)NC(C2=CCC3C=CC=CC3=C2N2C3=Cc4ccccc4CC3C3C=C(n4c5ccccc5c5c6c(ccc54)CCC=C6)C=CC32)NC1C1=CC2C=CC=CC2C=C1. The Morgan fingerprint density at radius 3 is 2.49 bits per heavy atom. The fourth-order valence-corrected chi connectivity index (χ4v) is 13.1. The number of hydrogen-bond acceptors (Lipinski definition) is 3. The van der Waals surface area contributed by atoms with E-state index < -0.39 is 0 Å². The number of benzene rings is 4. The molecule has 8 unspecified atom stereocenters. The van der Waals surface area contributed by atoms with Crippen LogP contribution in [0.3, 0.4) is 0 Å². The first-order valence-electron chi connectivity index (χ1n) is 24.7. The van der Waals surface area contributed by atoms with Gasteiger partial charge in [-0.15, -0.1) is 0 Å². The van der Waals surface area contributed by atoms with E-state index >= 15 is 0 Å². The highest BCUT2D eigenvalue weighted by Gasteiger charge is 2.49. The highest BCUT2D eigenvalue weighted by Crippen LogP contribution is 2.53. The molecule has 3 heterocycles. The number of aromatic nitrogens is 1. The summed E-state index contributed by atoms with van der Waals surface area (Å²) in [6, 6.07) is 34.1. The van der Waals surface area contributed by atoms with Crippen molar-refractivity contribution in [1.82, 2.24) is 20.1 Å². The van der Waals surface area contributed by atoms with E-state index in [9.17, 15) is 0 Å². The van der Waals surface area contributed by atoms with Gasteiger partial charge in [0, 0.05) is 63.0 Å². The molecule has 1 aromatic heterocycles. The molecule has 4 heteroatoms. The Balaban J connectivity index is 0.919. The van der Waals surface area contributed by atoms with Crippen LogP contribution in [0.5, 0.6) is 0 Å². The molecule has 9 aliphatic rings. The van der Waals surface area contributed by atoms with Gasteiger partial charge in [-0.05, 0) is 101 Å². The van der Waals surface area contributed by atoms with Crippen molar-refractivity contribution in [3.05, 3.63) is 250 Å². The van der Waals surface area contributed by atoms with E-state index in [1.807, 2.05) is 0 Å². The first kappa shape index (κ1) is 39.1. The molecule has 5 aromatic rings. The van der Waals surface area contributed by atoms with Crippen LogP contribution >= 0.6 is 0 Å². The lowest BCUT2D eigenvalue weighted by Gasteiger charge is -2.44. The molecule has 1 fully saturated rings. The van der Waals surface area contributed by atoms with E-state index in [2.05, 4.69) is 227 Å². The fraction of sp³-hybridized carbons (Fsp3) is 0.206. The molecule has 1 saturated heterocycles. The lowest BCUT2D eigenvalue weighted by molar-refractivity contribution is 0.364. The van der Waals surface area contributed by atoms with Crippen LogP contribution in [0.15, 0.2) is 222 Å². The van der Waals surface area contributed by atoms with E-state index in [-0.39, 0.29) is 24.2 Å². The summed E-state index contributed by atoms with van der Waals surface area (Å²) in [6.07, 6.45) is 47.3. The van der Waals surface area contributed by atoms with Crippen LogP contribution in [0.2, 0.25) is 0 Å². The third-order valence-corrected chi connectivity index (χ3v) is 16.3. The van der Waals surface area contributed by atoms with Gasteiger partial charge in [0.25, 0.3) is 0 Å². The normalized spacial score (nSPS) is 28.6. The first-order chi connectivity index (χ1) is 33.1. The standard InChI is InChI=1S/C63H54N4/c1-39-60(43-18-3-2-4-19-43)64-63(65-61(39)47-28-27-40-15-5-6-20-44(40)35-47)52-32-29-42-17-10-12-24-50(42)62(52)67-56-34-31-48(38-54(56)53-36-45-21-7-8-22-46(45)37-58(53)67)66-55-26-14-13-25-51(55)59-49-23-11-9-16-41(49)30-33-57(59)66/h2-8,10-15,17-28,30-35,37-38,40,42,44,53-54,56,61,63-65H,9,16,29,36H2,1H3. The average Bonchev–Trinajstić information content (AvgIpc) is 3.89. The molecule has 0 bridgehead atoms. The zero-order valence-electron chi connectivity index (χ0n) is 37.9. The minimum atomic E-state index is -0.134. The van der Waals surface area contributed by atoms with Gasteiger partial charge in [0.2, 0.25) is 0 Å². The van der Waals surface area contributed by atoms with Gasteiger partial charge in [-0.2, -0.15) is 0 Å². The van der Waals surface area contributed by atoms with E-state index in [0.717, 1.165) is 25.7 Å². The number of hydrogen-bond donors (Lipinski definition) is 2. The Labute approximate surface area is 393 Å². The monoisotopic (exact) mass is 866 g/mol. The van der Waals surface area contributed by atoms with Gasteiger partial charge in [0.05, 0.1) is 28.8 Å². The molecule has 8 atom stereocenters. The van der Waals surface area contributed by atoms with Crippen molar-refractivity contribution in [2.75, 3.05) is 0 Å². The zero-order chi connectivity index (χ0) is 44.2. The van der Waals surface area contributed by atoms with Gasteiger partial charge in [-0.25, -0.2) is 0 Å². The molecule has 0 amide bonds. The van der Waals surface area contributed by atoms with Crippen molar-refractivity contribution in [2.24, 2.45) is 29.6 Å². The van der Waals surface area contributed by atoms with Crippen molar-refractivity contribution in [3.63, 3.8) is 0 Å². The Morgan fingerprint density at radius 2 is 1.55 bits per heavy atom. The summed E-state index contributed by atoms with van der Waals surface area (Å²) in [7, 11) is 0. The minimum absolute atomic E-state index is 0.0388. The van der Waals surface area contributed by atoms with Crippen LogP contribution in [0.25, 0.3) is 45.4 Å². The number of rotatable bonds is 5. The van der Waals surface area contributed by atoms with Crippen molar-refractivity contribution >= 4 is 45.4 Å². The third-order valence-electron chi connectivity index (χ3n) is 16.3. The Morgan fingerprint density at radius 1 is 0.701 bits per heavy atom. The van der Waals surface area contributed by atoms with Crippen LogP contribution < -0.4 is 10.6 Å². The molecule has 67 heavy (non-hydrogen) atoms. The van der Waals surface area contributed by atoms with Crippen molar-refractivity contribution < 1.29 is 0 Å². The van der Waals surface area contributed by atoms with Gasteiger partial charge in [0.15, 0.2) is 0 Å². The van der Waals surface area contributed by atoms with Gasteiger partial charge in [-0.1, -0.05) is 176 Å². The average molecular weight is 867 g/mol. The summed E-state index contributed by atoms with van der Waals surface area (Å²) in [5.74, 6) is 1.65. The van der Waals surface area contributed by atoms with Crippen LogP contribution in [0.4, 0.5) is 0 Å². The van der Waals surface area contributed by atoms with Gasteiger partial charge in [-0.3, -0.25) is 5.32 Å². The van der Waals surface area contributed by atoms with E-state index in [1.165, 1.54) is 94.7 Å².